The Morgan fingerprint density at radius 1 is 1.32 bits per heavy atom. The van der Waals surface area contributed by atoms with E-state index in [9.17, 15) is 10.1 Å². The summed E-state index contributed by atoms with van der Waals surface area (Å²) >= 11 is 0. The Morgan fingerprint density at radius 3 is 2.73 bits per heavy atom. The van der Waals surface area contributed by atoms with Crippen molar-refractivity contribution in [3.63, 3.8) is 0 Å². The van der Waals surface area contributed by atoms with Gasteiger partial charge in [-0.15, -0.1) is 0 Å². The van der Waals surface area contributed by atoms with Gasteiger partial charge in [0.2, 0.25) is 0 Å². The van der Waals surface area contributed by atoms with Gasteiger partial charge in [0.25, 0.3) is 0 Å². The van der Waals surface area contributed by atoms with E-state index < -0.39 is 5.60 Å². The average molecular weight is 297 g/mol. The van der Waals surface area contributed by atoms with Crippen molar-refractivity contribution in [2.24, 2.45) is 0 Å². The first-order valence-corrected chi connectivity index (χ1v) is 7.69. The van der Waals surface area contributed by atoms with Crippen LogP contribution in [0.5, 0.6) is 0 Å². The van der Waals surface area contributed by atoms with E-state index in [1.807, 2.05) is 43.9 Å². The van der Waals surface area contributed by atoms with E-state index in [2.05, 4.69) is 17.0 Å². The van der Waals surface area contributed by atoms with Crippen LogP contribution in [-0.2, 0) is 4.74 Å². The summed E-state index contributed by atoms with van der Waals surface area (Å²) in [6, 6.07) is 10.9. The van der Waals surface area contributed by atoms with Crippen molar-refractivity contribution in [1.29, 1.82) is 5.26 Å². The summed E-state index contributed by atoms with van der Waals surface area (Å²) in [6.07, 6.45) is -0.255. The summed E-state index contributed by atoms with van der Waals surface area (Å²) in [7, 11) is 0. The minimum Gasteiger partial charge on any atom is -0.444 e. The molecule has 22 heavy (non-hydrogen) atoms. The number of hydrogen-bond donors (Lipinski definition) is 0. The van der Waals surface area contributed by atoms with Gasteiger partial charge in [-0.05, 0) is 32.4 Å². The molecule has 1 aromatic rings. The molecule has 1 amide bonds. The summed E-state index contributed by atoms with van der Waals surface area (Å²) in [5, 5.41) is 9.60. The Balaban J connectivity index is 1.59. The first kappa shape index (κ1) is 13.4. The molecular formula is C17H19N3O2. The van der Waals surface area contributed by atoms with Crippen LogP contribution < -0.4 is 4.90 Å². The van der Waals surface area contributed by atoms with Crippen molar-refractivity contribution in [2.45, 2.75) is 50.4 Å². The zero-order valence-electron chi connectivity index (χ0n) is 13.0. The number of piperazine rings is 1. The highest BCUT2D eigenvalue weighted by atomic mass is 16.6. The van der Waals surface area contributed by atoms with E-state index in [0.29, 0.717) is 0 Å². The number of nitriles is 1. The van der Waals surface area contributed by atoms with Gasteiger partial charge in [-0.1, -0.05) is 18.2 Å². The number of benzene rings is 1. The van der Waals surface area contributed by atoms with Crippen LogP contribution in [0.3, 0.4) is 0 Å². The van der Waals surface area contributed by atoms with Crippen molar-refractivity contribution in [3.05, 3.63) is 29.8 Å². The van der Waals surface area contributed by atoms with Gasteiger partial charge in [0.05, 0.1) is 30.1 Å². The monoisotopic (exact) mass is 297 g/mol. The van der Waals surface area contributed by atoms with Gasteiger partial charge in [0.1, 0.15) is 5.60 Å². The van der Waals surface area contributed by atoms with Crippen LogP contribution >= 0.6 is 0 Å². The number of anilines is 1. The highest BCUT2D eigenvalue weighted by Crippen LogP contribution is 2.53. The van der Waals surface area contributed by atoms with Crippen molar-refractivity contribution in [3.8, 4) is 6.07 Å². The quantitative estimate of drug-likeness (QED) is 0.690. The molecule has 0 N–H and O–H groups in total. The molecule has 4 rings (SSSR count). The fraction of sp³-hybridized carbons (Fsp3) is 0.529. The maximum atomic E-state index is 12.3. The molecule has 0 radical (unpaired) electrons. The number of carbonyl (C=O) groups is 1. The average Bonchev–Trinajstić information content (AvgIpc) is 2.87. The number of rotatable bonds is 0. The molecule has 0 saturated carbocycles. The molecule has 3 aliphatic rings. The highest BCUT2D eigenvalue weighted by molar-refractivity contribution is 5.77. The van der Waals surface area contributed by atoms with Gasteiger partial charge in [0.15, 0.2) is 0 Å². The Labute approximate surface area is 130 Å². The predicted octanol–water partition coefficient (Wildman–Crippen LogP) is 2.48. The van der Waals surface area contributed by atoms with Crippen molar-refractivity contribution >= 4 is 11.8 Å². The number of amides is 1. The van der Waals surface area contributed by atoms with Crippen LogP contribution in [-0.4, -0.2) is 41.3 Å². The molecule has 2 saturated heterocycles. The Kier molecular flexibility index (Phi) is 2.54. The number of nitrogens with zero attached hydrogens (tertiary/aromatic N) is 3. The van der Waals surface area contributed by atoms with Crippen LogP contribution in [0.1, 0.15) is 32.3 Å². The second-order valence-corrected chi connectivity index (χ2v) is 7.25. The Bertz CT molecular complexity index is 688. The lowest BCUT2D eigenvalue weighted by atomic mass is 9.94. The van der Waals surface area contributed by atoms with E-state index >= 15 is 0 Å². The molecule has 3 heterocycles. The van der Waals surface area contributed by atoms with E-state index in [0.717, 1.165) is 17.8 Å². The smallest absolute Gasteiger partial charge is 0.411 e. The van der Waals surface area contributed by atoms with Gasteiger partial charge in [0, 0.05) is 12.2 Å². The molecule has 0 spiro atoms. The van der Waals surface area contributed by atoms with E-state index in [1.54, 1.807) is 0 Å². The third-order valence-corrected chi connectivity index (χ3v) is 4.74. The van der Waals surface area contributed by atoms with E-state index in [1.165, 1.54) is 0 Å². The predicted molar refractivity (Wildman–Crippen MR) is 81.6 cm³/mol. The number of fused-ring (bicyclic) bond motifs is 5. The van der Waals surface area contributed by atoms with Gasteiger partial charge in [-0.2, -0.15) is 5.26 Å². The standard InChI is InChI=1S/C17H19N3O2/c1-17(2,3)22-16(21)20-13-9-19-12-7-5-4-6-10(12)11(8-18)14(19)15(13)20/h4-7,11,13-15H,9H2,1-3H3/t11-,13-,14-,15-,20?/m0/s1. The molecule has 3 aliphatic heterocycles. The van der Waals surface area contributed by atoms with Crippen LogP contribution in [0, 0.1) is 11.3 Å². The molecule has 5 heteroatoms. The molecule has 0 aromatic heterocycles. The fourth-order valence-electron chi connectivity index (χ4n) is 3.95. The summed E-state index contributed by atoms with van der Waals surface area (Å²) < 4.78 is 5.48. The third-order valence-electron chi connectivity index (χ3n) is 4.74. The zero-order valence-corrected chi connectivity index (χ0v) is 13.0. The van der Waals surface area contributed by atoms with Crippen molar-refractivity contribution < 1.29 is 9.53 Å². The minimum absolute atomic E-state index is 0.0694. The van der Waals surface area contributed by atoms with Gasteiger partial charge in [-0.3, -0.25) is 4.90 Å². The molecule has 4 atom stereocenters. The van der Waals surface area contributed by atoms with Crippen LogP contribution in [0.4, 0.5) is 10.5 Å². The van der Waals surface area contributed by atoms with Crippen LogP contribution in [0.2, 0.25) is 0 Å². The molecule has 1 aromatic carbocycles. The SMILES string of the molecule is CC(C)(C)OC(=O)N1[C@@H]2[C@@H]3[C@@H](C#N)c4ccccc4N3C[C@@H]21. The second-order valence-electron chi connectivity index (χ2n) is 7.25. The molecule has 114 valence electrons. The van der Waals surface area contributed by atoms with Crippen LogP contribution in [0.25, 0.3) is 0 Å². The van der Waals surface area contributed by atoms with Crippen molar-refractivity contribution in [1.82, 2.24) is 4.90 Å². The zero-order chi connectivity index (χ0) is 15.6. The maximum Gasteiger partial charge on any atom is 0.411 e. The Morgan fingerprint density at radius 2 is 2.05 bits per heavy atom. The molecule has 5 nitrogen and oxygen atoms in total. The minimum atomic E-state index is -0.485. The molecule has 0 unspecified atom stereocenters. The topological polar surface area (TPSA) is 56.3 Å². The lowest BCUT2D eigenvalue weighted by Crippen LogP contribution is -2.40. The molecule has 0 aliphatic carbocycles. The van der Waals surface area contributed by atoms with Crippen molar-refractivity contribution in [2.75, 3.05) is 11.4 Å². The third kappa shape index (κ3) is 1.73. The first-order valence-electron chi connectivity index (χ1n) is 7.69. The largest absolute Gasteiger partial charge is 0.444 e. The number of carbonyl (C=O) groups excluding carboxylic acids is 1. The summed E-state index contributed by atoms with van der Waals surface area (Å²) in [5.41, 5.74) is 1.75. The summed E-state index contributed by atoms with van der Waals surface area (Å²) in [6.45, 7) is 6.42. The Hall–Kier alpha value is -2.22. The summed E-state index contributed by atoms with van der Waals surface area (Å²) in [5.74, 6) is -0.168. The lowest BCUT2D eigenvalue weighted by molar-refractivity contribution is 0.0382. The first-order chi connectivity index (χ1) is 10.4. The fourth-order valence-corrected chi connectivity index (χ4v) is 3.95. The normalized spacial score (nSPS) is 31.2. The van der Waals surface area contributed by atoms with Gasteiger partial charge >= 0.3 is 6.09 Å². The summed E-state index contributed by atoms with van der Waals surface area (Å²) in [4.78, 5) is 16.4. The lowest BCUT2D eigenvalue weighted by Gasteiger charge is -2.27. The number of ether oxygens (including phenoxy) is 1. The van der Waals surface area contributed by atoms with Crippen LogP contribution in [0.15, 0.2) is 24.3 Å². The van der Waals surface area contributed by atoms with Gasteiger partial charge < -0.3 is 9.64 Å². The van der Waals surface area contributed by atoms with E-state index in [-0.39, 0.29) is 30.1 Å². The van der Waals surface area contributed by atoms with E-state index in [4.69, 9.17) is 4.74 Å². The number of para-hydroxylation sites is 1. The maximum absolute atomic E-state index is 12.3. The highest BCUT2D eigenvalue weighted by Gasteiger charge is 2.67. The number of hydrogen-bond acceptors (Lipinski definition) is 4. The van der Waals surface area contributed by atoms with Gasteiger partial charge in [-0.25, -0.2) is 4.79 Å². The molecule has 0 bridgehead atoms. The molecular weight excluding hydrogens is 278 g/mol. The second kappa shape index (κ2) is 4.16. The molecule has 2 fully saturated rings.